The van der Waals surface area contributed by atoms with E-state index < -0.39 is 0 Å². The molecule has 1 saturated heterocycles. The highest BCUT2D eigenvalue weighted by Crippen LogP contribution is 2.22. The number of hydrogen-bond acceptors (Lipinski definition) is 4. The number of carbonyl (C=O) groups is 1. The molecule has 1 fully saturated rings. The molecule has 1 N–H and O–H groups in total. The van der Waals surface area contributed by atoms with Crippen LogP contribution in [0.15, 0.2) is 36.7 Å². The highest BCUT2D eigenvalue weighted by Gasteiger charge is 2.17. The van der Waals surface area contributed by atoms with Gasteiger partial charge in [-0.15, -0.1) is 0 Å². The molecule has 0 unspecified atom stereocenters. The zero-order valence-corrected chi connectivity index (χ0v) is 13.7. The van der Waals surface area contributed by atoms with Gasteiger partial charge in [-0.05, 0) is 36.5 Å². The highest BCUT2D eigenvalue weighted by molar-refractivity contribution is 5.91. The van der Waals surface area contributed by atoms with Crippen molar-refractivity contribution in [1.82, 2.24) is 9.97 Å². The molecule has 1 aromatic carbocycles. The lowest BCUT2D eigenvalue weighted by Crippen LogP contribution is -2.33. The summed E-state index contributed by atoms with van der Waals surface area (Å²) in [6.07, 6.45) is 3.95. The van der Waals surface area contributed by atoms with E-state index in [1.54, 1.807) is 18.2 Å². The molecule has 0 spiro atoms. The summed E-state index contributed by atoms with van der Waals surface area (Å²) < 4.78 is 12.9. The zero-order chi connectivity index (χ0) is 16.9. The van der Waals surface area contributed by atoms with Crippen molar-refractivity contribution >= 4 is 17.5 Å². The lowest BCUT2D eigenvalue weighted by Gasteiger charge is -2.31. The SMILES string of the molecule is CC1CCN(c2cc(NC(=O)Cc3ccc(F)cc3)ncn2)CC1. The topological polar surface area (TPSA) is 58.1 Å². The van der Waals surface area contributed by atoms with E-state index in [1.165, 1.54) is 18.5 Å². The Morgan fingerprint density at radius 3 is 2.67 bits per heavy atom. The van der Waals surface area contributed by atoms with Crippen LogP contribution < -0.4 is 10.2 Å². The fourth-order valence-electron chi connectivity index (χ4n) is 2.80. The van der Waals surface area contributed by atoms with E-state index in [4.69, 9.17) is 0 Å². The van der Waals surface area contributed by atoms with E-state index in [1.807, 2.05) is 0 Å². The van der Waals surface area contributed by atoms with Gasteiger partial charge in [-0.3, -0.25) is 4.79 Å². The first-order valence-corrected chi connectivity index (χ1v) is 8.21. The van der Waals surface area contributed by atoms with Gasteiger partial charge in [-0.25, -0.2) is 14.4 Å². The number of nitrogens with one attached hydrogen (secondary N) is 1. The Morgan fingerprint density at radius 1 is 1.25 bits per heavy atom. The summed E-state index contributed by atoms with van der Waals surface area (Å²) in [5.41, 5.74) is 0.758. The average molecular weight is 328 g/mol. The fourth-order valence-corrected chi connectivity index (χ4v) is 2.80. The normalized spacial score (nSPS) is 15.3. The smallest absolute Gasteiger partial charge is 0.229 e. The first kappa shape index (κ1) is 16.4. The molecule has 0 bridgehead atoms. The average Bonchev–Trinajstić information content (AvgIpc) is 2.58. The Labute approximate surface area is 140 Å². The fraction of sp³-hybridized carbons (Fsp3) is 0.389. The van der Waals surface area contributed by atoms with Gasteiger partial charge in [0.05, 0.1) is 6.42 Å². The molecule has 0 radical (unpaired) electrons. The quantitative estimate of drug-likeness (QED) is 0.937. The van der Waals surface area contributed by atoms with E-state index in [0.29, 0.717) is 5.82 Å². The minimum Gasteiger partial charge on any atom is -0.356 e. The summed E-state index contributed by atoms with van der Waals surface area (Å²) in [6.45, 7) is 4.21. The second-order valence-corrected chi connectivity index (χ2v) is 6.28. The number of benzene rings is 1. The van der Waals surface area contributed by atoms with Gasteiger partial charge in [0.25, 0.3) is 0 Å². The van der Waals surface area contributed by atoms with E-state index in [9.17, 15) is 9.18 Å². The molecule has 6 heteroatoms. The number of rotatable bonds is 4. The highest BCUT2D eigenvalue weighted by atomic mass is 19.1. The van der Waals surface area contributed by atoms with Crippen molar-refractivity contribution in [2.75, 3.05) is 23.3 Å². The Balaban J connectivity index is 1.61. The maximum atomic E-state index is 12.9. The van der Waals surface area contributed by atoms with Gasteiger partial charge < -0.3 is 10.2 Å². The molecular weight excluding hydrogens is 307 g/mol. The van der Waals surface area contributed by atoms with Crippen molar-refractivity contribution in [3.8, 4) is 0 Å². The maximum absolute atomic E-state index is 12.9. The summed E-state index contributed by atoms with van der Waals surface area (Å²) in [7, 11) is 0. The minimum absolute atomic E-state index is 0.181. The third-order valence-corrected chi connectivity index (χ3v) is 4.31. The van der Waals surface area contributed by atoms with E-state index in [2.05, 4.69) is 27.1 Å². The van der Waals surface area contributed by atoms with Crippen LogP contribution in [0.1, 0.15) is 25.3 Å². The van der Waals surface area contributed by atoms with Gasteiger partial charge in [0.15, 0.2) is 0 Å². The molecule has 126 valence electrons. The van der Waals surface area contributed by atoms with Crippen molar-refractivity contribution < 1.29 is 9.18 Å². The Kier molecular flexibility index (Phi) is 5.03. The number of piperidine rings is 1. The third-order valence-electron chi connectivity index (χ3n) is 4.31. The van der Waals surface area contributed by atoms with Crippen molar-refractivity contribution in [2.45, 2.75) is 26.2 Å². The van der Waals surface area contributed by atoms with Gasteiger partial charge in [-0.1, -0.05) is 19.1 Å². The van der Waals surface area contributed by atoms with Crippen LogP contribution in [0.5, 0.6) is 0 Å². The van der Waals surface area contributed by atoms with Crippen LogP contribution in [0.3, 0.4) is 0 Å². The second kappa shape index (κ2) is 7.38. The lowest BCUT2D eigenvalue weighted by molar-refractivity contribution is -0.115. The number of halogens is 1. The first-order valence-electron chi connectivity index (χ1n) is 8.21. The number of anilines is 2. The van der Waals surface area contributed by atoms with Crippen LogP contribution in [0.4, 0.5) is 16.0 Å². The molecule has 5 nitrogen and oxygen atoms in total. The van der Waals surface area contributed by atoms with Crippen LogP contribution in [-0.4, -0.2) is 29.0 Å². The number of nitrogens with zero attached hydrogens (tertiary/aromatic N) is 3. The summed E-state index contributed by atoms with van der Waals surface area (Å²) in [5.74, 6) is 1.59. The first-order chi connectivity index (χ1) is 11.6. The maximum Gasteiger partial charge on any atom is 0.229 e. The van der Waals surface area contributed by atoms with Crippen LogP contribution in [0.2, 0.25) is 0 Å². The number of hydrogen-bond donors (Lipinski definition) is 1. The Hall–Kier alpha value is -2.50. The summed E-state index contributed by atoms with van der Waals surface area (Å²) >= 11 is 0. The molecule has 1 aliphatic heterocycles. The van der Waals surface area contributed by atoms with Gasteiger partial charge in [0.1, 0.15) is 23.8 Å². The van der Waals surface area contributed by atoms with Gasteiger partial charge in [0.2, 0.25) is 5.91 Å². The monoisotopic (exact) mass is 328 g/mol. The number of amides is 1. The Morgan fingerprint density at radius 2 is 1.96 bits per heavy atom. The van der Waals surface area contributed by atoms with E-state index in [-0.39, 0.29) is 18.1 Å². The summed E-state index contributed by atoms with van der Waals surface area (Å²) in [4.78, 5) is 22.8. The van der Waals surface area contributed by atoms with Gasteiger partial charge >= 0.3 is 0 Å². The number of aromatic nitrogens is 2. The van der Waals surface area contributed by atoms with E-state index in [0.717, 1.165) is 43.2 Å². The van der Waals surface area contributed by atoms with Gasteiger partial charge in [0, 0.05) is 19.2 Å². The summed E-state index contributed by atoms with van der Waals surface area (Å²) in [5, 5.41) is 2.78. The molecule has 0 atom stereocenters. The Bertz CT molecular complexity index is 696. The molecule has 24 heavy (non-hydrogen) atoms. The molecule has 1 aromatic heterocycles. The second-order valence-electron chi connectivity index (χ2n) is 6.28. The minimum atomic E-state index is -0.310. The predicted octanol–water partition coefficient (Wildman–Crippen LogP) is 3.03. The van der Waals surface area contributed by atoms with Gasteiger partial charge in [-0.2, -0.15) is 0 Å². The van der Waals surface area contributed by atoms with Crippen LogP contribution in [-0.2, 0) is 11.2 Å². The largest absolute Gasteiger partial charge is 0.356 e. The molecule has 2 aromatic rings. The standard InChI is InChI=1S/C18H21FN4O/c1-13-6-8-23(9-7-13)17-11-16(20-12-21-17)22-18(24)10-14-2-4-15(19)5-3-14/h2-5,11-13H,6-10H2,1H3,(H,20,21,22,24). The van der Waals surface area contributed by atoms with E-state index >= 15 is 0 Å². The zero-order valence-electron chi connectivity index (χ0n) is 13.7. The number of carbonyl (C=O) groups excluding carboxylic acids is 1. The molecule has 0 saturated carbocycles. The molecule has 3 rings (SSSR count). The molecule has 0 aliphatic carbocycles. The lowest BCUT2D eigenvalue weighted by atomic mass is 9.99. The summed E-state index contributed by atoms with van der Waals surface area (Å²) in [6, 6.07) is 7.72. The third kappa shape index (κ3) is 4.28. The molecule has 2 heterocycles. The van der Waals surface area contributed by atoms with Crippen LogP contribution in [0, 0.1) is 11.7 Å². The van der Waals surface area contributed by atoms with Crippen molar-refractivity contribution in [3.63, 3.8) is 0 Å². The van der Waals surface area contributed by atoms with Crippen molar-refractivity contribution in [3.05, 3.63) is 48.0 Å². The van der Waals surface area contributed by atoms with Crippen molar-refractivity contribution in [2.24, 2.45) is 5.92 Å². The molecule has 1 aliphatic rings. The predicted molar refractivity (Wildman–Crippen MR) is 91.4 cm³/mol. The van der Waals surface area contributed by atoms with Crippen molar-refractivity contribution in [1.29, 1.82) is 0 Å². The van der Waals surface area contributed by atoms with Crippen LogP contribution >= 0.6 is 0 Å². The molecule has 1 amide bonds. The van der Waals surface area contributed by atoms with Crippen LogP contribution in [0.25, 0.3) is 0 Å². The molecular formula is C18H21FN4O.